The van der Waals surface area contributed by atoms with Crippen LogP contribution in [0.4, 0.5) is 5.82 Å². The number of methoxy groups -OCH3 is 1. The number of nitrogens with zero attached hydrogens (tertiary/aromatic N) is 3. The predicted molar refractivity (Wildman–Crippen MR) is 122 cm³/mol. The molecule has 0 unspecified atom stereocenters. The third kappa shape index (κ3) is 5.47. The Kier molecular flexibility index (Phi) is 7.16. The highest BCUT2D eigenvalue weighted by Gasteiger charge is 2.31. The fourth-order valence-corrected chi connectivity index (χ4v) is 4.47. The van der Waals surface area contributed by atoms with E-state index in [0.29, 0.717) is 37.2 Å². The quantitative estimate of drug-likeness (QED) is 0.698. The van der Waals surface area contributed by atoms with Crippen molar-refractivity contribution in [2.24, 2.45) is 5.92 Å². The molecule has 3 amide bonds. The molecule has 0 radical (unpaired) electrons. The van der Waals surface area contributed by atoms with Crippen LogP contribution in [0, 0.1) is 5.92 Å². The lowest BCUT2D eigenvalue weighted by atomic mass is 10.0. The standard InChI is InChI=1S/C24H29N5O4/c1-33-19-8-4-7-17(15-19)22(30)28-21-20(25-11-12-26-21)23(31)27-18-9-13-29(14-10-18)24(32)16-5-2-3-6-16/h4,7-8,11-12,15-16,18H,2-3,5-6,9-10,13-14H2,1H3,(H,27,31)(H,26,28,30). The number of anilines is 1. The van der Waals surface area contributed by atoms with Crippen molar-refractivity contribution in [2.75, 3.05) is 25.5 Å². The molecule has 2 N–H and O–H groups in total. The van der Waals surface area contributed by atoms with Gasteiger partial charge in [0.15, 0.2) is 11.5 Å². The molecular weight excluding hydrogens is 422 g/mol. The maximum atomic E-state index is 12.9. The van der Waals surface area contributed by atoms with Crippen molar-refractivity contribution in [3.8, 4) is 5.75 Å². The normalized spacial score (nSPS) is 16.9. The van der Waals surface area contributed by atoms with Crippen LogP contribution < -0.4 is 15.4 Å². The summed E-state index contributed by atoms with van der Waals surface area (Å²) in [6, 6.07) is 6.64. The van der Waals surface area contributed by atoms with Crippen molar-refractivity contribution in [1.29, 1.82) is 0 Å². The van der Waals surface area contributed by atoms with Crippen LogP contribution in [0.5, 0.6) is 5.75 Å². The second-order valence-electron chi connectivity index (χ2n) is 8.49. The highest BCUT2D eigenvalue weighted by atomic mass is 16.5. The van der Waals surface area contributed by atoms with Gasteiger partial charge in [-0.25, -0.2) is 9.97 Å². The van der Waals surface area contributed by atoms with Gasteiger partial charge in [0.05, 0.1) is 7.11 Å². The van der Waals surface area contributed by atoms with Crippen molar-refractivity contribution in [1.82, 2.24) is 20.2 Å². The molecule has 9 nitrogen and oxygen atoms in total. The lowest BCUT2D eigenvalue weighted by Crippen LogP contribution is -2.48. The molecule has 1 aromatic heterocycles. The van der Waals surface area contributed by atoms with Crippen LogP contribution in [0.2, 0.25) is 0 Å². The number of ether oxygens (including phenoxy) is 1. The zero-order valence-electron chi connectivity index (χ0n) is 18.8. The first-order chi connectivity index (χ1) is 16.0. The Hall–Kier alpha value is -3.49. The number of benzene rings is 1. The topological polar surface area (TPSA) is 114 Å². The predicted octanol–water partition coefficient (Wildman–Crippen LogP) is 2.65. The number of likely N-dealkylation sites (tertiary alicyclic amines) is 1. The van der Waals surface area contributed by atoms with Gasteiger partial charge in [-0.2, -0.15) is 0 Å². The highest BCUT2D eigenvalue weighted by molar-refractivity contribution is 6.07. The molecule has 33 heavy (non-hydrogen) atoms. The summed E-state index contributed by atoms with van der Waals surface area (Å²) < 4.78 is 5.16. The van der Waals surface area contributed by atoms with Crippen LogP contribution in [-0.2, 0) is 4.79 Å². The summed E-state index contributed by atoms with van der Waals surface area (Å²) in [5, 5.41) is 5.65. The van der Waals surface area contributed by atoms with Gasteiger partial charge in [0, 0.05) is 43.0 Å². The van der Waals surface area contributed by atoms with Gasteiger partial charge in [0.2, 0.25) is 5.91 Å². The number of amides is 3. The number of nitrogens with one attached hydrogen (secondary N) is 2. The molecule has 4 rings (SSSR count). The number of aromatic nitrogens is 2. The van der Waals surface area contributed by atoms with E-state index in [1.807, 2.05) is 4.90 Å². The third-order valence-corrected chi connectivity index (χ3v) is 6.32. The minimum atomic E-state index is -0.415. The number of hydrogen-bond acceptors (Lipinski definition) is 6. The molecular formula is C24H29N5O4. The fraction of sp³-hybridized carbons (Fsp3) is 0.458. The van der Waals surface area contributed by atoms with Crippen LogP contribution in [0.3, 0.4) is 0 Å². The summed E-state index contributed by atoms with van der Waals surface area (Å²) in [5.41, 5.74) is 0.434. The first-order valence-electron chi connectivity index (χ1n) is 11.4. The first-order valence-corrected chi connectivity index (χ1v) is 11.4. The van der Waals surface area contributed by atoms with Crippen LogP contribution in [0.25, 0.3) is 0 Å². The van der Waals surface area contributed by atoms with Gasteiger partial charge in [0.25, 0.3) is 11.8 Å². The van der Waals surface area contributed by atoms with Gasteiger partial charge in [-0.15, -0.1) is 0 Å². The molecule has 174 valence electrons. The Morgan fingerprint density at radius 1 is 1.00 bits per heavy atom. The first kappa shape index (κ1) is 22.7. The molecule has 1 aliphatic heterocycles. The van der Waals surface area contributed by atoms with Crippen molar-refractivity contribution in [3.05, 3.63) is 47.9 Å². The number of carbonyl (C=O) groups excluding carboxylic acids is 3. The van der Waals surface area contributed by atoms with E-state index in [2.05, 4.69) is 20.6 Å². The van der Waals surface area contributed by atoms with Crippen molar-refractivity contribution in [3.63, 3.8) is 0 Å². The van der Waals surface area contributed by atoms with Gasteiger partial charge in [-0.05, 0) is 43.9 Å². The van der Waals surface area contributed by atoms with Gasteiger partial charge in [-0.1, -0.05) is 18.9 Å². The highest BCUT2D eigenvalue weighted by Crippen LogP contribution is 2.27. The number of piperidine rings is 1. The molecule has 0 bridgehead atoms. The van der Waals surface area contributed by atoms with E-state index in [9.17, 15) is 14.4 Å². The Morgan fingerprint density at radius 3 is 2.45 bits per heavy atom. The molecule has 2 aromatic rings. The van der Waals surface area contributed by atoms with E-state index in [0.717, 1.165) is 25.7 Å². The Balaban J connectivity index is 1.35. The van der Waals surface area contributed by atoms with Gasteiger partial charge in [0.1, 0.15) is 5.75 Å². The van der Waals surface area contributed by atoms with Gasteiger partial charge >= 0.3 is 0 Å². The molecule has 2 fully saturated rings. The second-order valence-corrected chi connectivity index (χ2v) is 8.49. The van der Waals surface area contributed by atoms with Crippen molar-refractivity contribution < 1.29 is 19.1 Å². The van der Waals surface area contributed by atoms with E-state index >= 15 is 0 Å². The molecule has 9 heteroatoms. The Labute approximate surface area is 192 Å². The maximum Gasteiger partial charge on any atom is 0.273 e. The third-order valence-electron chi connectivity index (χ3n) is 6.32. The monoisotopic (exact) mass is 451 g/mol. The number of rotatable bonds is 6. The lowest BCUT2D eigenvalue weighted by molar-refractivity contribution is -0.136. The van der Waals surface area contributed by atoms with Gasteiger partial charge < -0.3 is 20.3 Å². The molecule has 2 aliphatic rings. The van der Waals surface area contributed by atoms with Crippen molar-refractivity contribution >= 4 is 23.5 Å². The zero-order valence-corrected chi connectivity index (χ0v) is 18.8. The number of carbonyl (C=O) groups is 3. The van der Waals surface area contributed by atoms with Crippen molar-refractivity contribution in [2.45, 2.75) is 44.6 Å². The van der Waals surface area contributed by atoms with Crippen LogP contribution in [0.15, 0.2) is 36.7 Å². The minimum Gasteiger partial charge on any atom is -0.497 e. The second kappa shape index (κ2) is 10.4. The Bertz CT molecular complexity index is 1010. The molecule has 2 heterocycles. The molecule has 0 spiro atoms. The fourth-order valence-electron chi connectivity index (χ4n) is 4.47. The largest absolute Gasteiger partial charge is 0.497 e. The lowest BCUT2D eigenvalue weighted by Gasteiger charge is -2.33. The summed E-state index contributed by atoms with van der Waals surface area (Å²) in [7, 11) is 1.53. The Morgan fingerprint density at radius 2 is 1.73 bits per heavy atom. The average Bonchev–Trinajstić information content (AvgIpc) is 3.39. The summed E-state index contributed by atoms with van der Waals surface area (Å²) in [6.45, 7) is 1.28. The van der Waals surface area contributed by atoms with Gasteiger partial charge in [-0.3, -0.25) is 14.4 Å². The summed E-state index contributed by atoms with van der Waals surface area (Å²) in [6.07, 6.45) is 8.48. The SMILES string of the molecule is COc1cccc(C(=O)Nc2nccnc2C(=O)NC2CCN(C(=O)C3CCCC3)CC2)c1. The van der Waals surface area contributed by atoms with Crippen LogP contribution in [0.1, 0.15) is 59.4 Å². The molecule has 1 saturated carbocycles. The zero-order chi connectivity index (χ0) is 23.2. The summed E-state index contributed by atoms with van der Waals surface area (Å²) in [4.78, 5) is 48.4. The molecule has 1 aromatic carbocycles. The summed E-state index contributed by atoms with van der Waals surface area (Å²) >= 11 is 0. The smallest absolute Gasteiger partial charge is 0.273 e. The molecule has 0 atom stereocenters. The van der Waals surface area contributed by atoms with E-state index in [4.69, 9.17) is 4.74 Å². The number of hydrogen-bond donors (Lipinski definition) is 2. The molecule has 1 saturated heterocycles. The van der Waals surface area contributed by atoms with Crippen LogP contribution >= 0.6 is 0 Å². The van der Waals surface area contributed by atoms with E-state index in [1.54, 1.807) is 24.3 Å². The van der Waals surface area contributed by atoms with E-state index in [-0.39, 0.29) is 29.4 Å². The average molecular weight is 452 g/mol. The van der Waals surface area contributed by atoms with E-state index < -0.39 is 11.8 Å². The minimum absolute atomic E-state index is 0.0539. The van der Waals surface area contributed by atoms with E-state index in [1.165, 1.54) is 19.5 Å². The maximum absolute atomic E-state index is 12.9. The molecule has 1 aliphatic carbocycles. The van der Waals surface area contributed by atoms with Crippen LogP contribution in [-0.4, -0.2) is 58.8 Å². The summed E-state index contributed by atoms with van der Waals surface area (Å²) in [5.74, 6) is 0.265.